The minimum absolute atomic E-state index is 0.0388. The van der Waals surface area contributed by atoms with Crippen LogP contribution >= 0.6 is 0 Å². The van der Waals surface area contributed by atoms with E-state index in [9.17, 15) is 13.2 Å². The first kappa shape index (κ1) is 28.7. The first-order valence-electron chi connectivity index (χ1n) is 12.6. The van der Waals surface area contributed by atoms with E-state index in [-0.39, 0.29) is 23.9 Å². The van der Waals surface area contributed by atoms with Crippen LogP contribution in [0, 0.1) is 0 Å². The van der Waals surface area contributed by atoms with E-state index in [2.05, 4.69) is 10.0 Å². The summed E-state index contributed by atoms with van der Waals surface area (Å²) >= 11 is 0. The molecule has 0 saturated carbocycles. The van der Waals surface area contributed by atoms with Crippen molar-refractivity contribution in [1.82, 2.24) is 10.2 Å². The molecule has 1 heterocycles. The third-order valence-electron chi connectivity index (χ3n) is 6.38. The van der Waals surface area contributed by atoms with E-state index in [1.807, 2.05) is 36.9 Å². The molecular formula is C27H39N3O6S. The van der Waals surface area contributed by atoms with Crippen molar-refractivity contribution < 1.29 is 27.4 Å². The number of amides is 1. The van der Waals surface area contributed by atoms with E-state index >= 15 is 0 Å². The normalized spacial score (nSPS) is 17.9. The summed E-state index contributed by atoms with van der Waals surface area (Å²) in [6.07, 6.45) is 2.68. The van der Waals surface area contributed by atoms with E-state index in [0.717, 1.165) is 31.2 Å². The van der Waals surface area contributed by atoms with Gasteiger partial charge in [-0.25, -0.2) is 8.42 Å². The molecule has 204 valence electrons. The van der Waals surface area contributed by atoms with E-state index in [0.29, 0.717) is 42.5 Å². The van der Waals surface area contributed by atoms with Crippen molar-refractivity contribution in [1.29, 1.82) is 0 Å². The van der Waals surface area contributed by atoms with Gasteiger partial charge in [-0.2, -0.15) is 0 Å². The summed E-state index contributed by atoms with van der Waals surface area (Å²) in [6, 6.07) is 12.5. The van der Waals surface area contributed by atoms with Gasteiger partial charge >= 0.3 is 0 Å². The number of hydrogen-bond donors (Lipinski definition) is 2. The molecule has 2 N–H and O–H groups in total. The summed E-state index contributed by atoms with van der Waals surface area (Å²) in [4.78, 5) is 15.9. The molecule has 9 nitrogen and oxygen atoms in total. The molecule has 2 aromatic carbocycles. The lowest BCUT2D eigenvalue weighted by atomic mass is 9.84. The number of nitrogens with one attached hydrogen (secondary N) is 2. The molecular weight excluding hydrogens is 494 g/mol. The van der Waals surface area contributed by atoms with Crippen molar-refractivity contribution in [2.45, 2.75) is 44.7 Å². The highest BCUT2D eigenvalue weighted by Gasteiger charge is 2.36. The lowest BCUT2D eigenvalue weighted by Crippen LogP contribution is -2.55. The van der Waals surface area contributed by atoms with E-state index < -0.39 is 10.0 Å². The Morgan fingerprint density at radius 2 is 1.92 bits per heavy atom. The van der Waals surface area contributed by atoms with Crippen molar-refractivity contribution in [3.63, 3.8) is 0 Å². The number of sulfonamides is 1. The number of carbonyl (C=O) groups is 1. The Morgan fingerprint density at radius 1 is 1.14 bits per heavy atom. The zero-order valence-electron chi connectivity index (χ0n) is 22.3. The SMILES string of the molecule is COCCCOc1cc(C(=O)N(C(C)C)C2CNCCC2c2cccc(NS(C)(=O)=O)c2)ccc1OC. The molecule has 10 heteroatoms. The number of nitrogens with zero attached hydrogens (tertiary/aromatic N) is 1. The van der Waals surface area contributed by atoms with Crippen molar-refractivity contribution in [2.24, 2.45) is 0 Å². The second kappa shape index (κ2) is 13.1. The molecule has 0 radical (unpaired) electrons. The zero-order chi connectivity index (χ0) is 27.0. The van der Waals surface area contributed by atoms with Crippen LogP contribution < -0.4 is 19.5 Å². The average molecular weight is 534 g/mol. The third-order valence-corrected chi connectivity index (χ3v) is 6.98. The second-order valence-electron chi connectivity index (χ2n) is 9.53. The maximum absolute atomic E-state index is 13.9. The molecule has 0 bridgehead atoms. The first-order valence-corrected chi connectivity index (χ1v) is 14.4. The molecule has 0 aromatic heterocycles. The highest BCUT2D eigenvalue weighted by atomic mass is 32.2. The lowest BCUT2D eigenvalue weighted by Gasteiger charge is -2.43. The summed E-state index contributed by atoms with van der Waals surface area (Å²) in [5.74, 6) is 1.03. The van der Waals surface area contributed by atoms with Gasteiger partial charge in [0.15, 0.2) is 11.5 Å². The number of carbonyl (C=O) groups excluding carboxylic acids is 1. The van der Waals surface area contributed by atoms with Gasteiger partial charge < -0.3 is 24.4 Å². The number of hydrogen-bond acceptors (Lipinski definition) is 7. The van der Waals surface area contributed by atoms with Crippen molar-refractivity contribution in [2.75, 3.05) is 51.5 Å². The fourth-order valence-electron chi connectivity index (χ4n) is 4.80. The molecule has 1 amide bonds. The van der Waals surface area contributed by atoms with E-state index in [1.54, 1.807) is 38.5 Å². The van der Waals surface area contributed by atoms with Crippen LogP contribution in [0.25, 0.3) is 0 Å². The molecule has 1 aliphatic rings. The minimum Gasteiger partial charge on any atom is -0.493 e. The molecule has 0 aliphatic carbocycles. The number of ether oxygens (including phenoxy) is 3. The highest BCUT2D eigenvalue weighted by Crippen LogP contribution is 2.34. The van der Waals surface area contributed by atoms with Crippen LogP contribution in [-0.4, -0.2) is 78.1 Å². The molecule has 0 spiro atoms. The number of piperidine rings is 1. The van der Waals surface area contributed by atoms with Gasteiger partial charge in [-0.1, -0.05) is 12.1 Å². The van der Waals surface area contributed by atoms with Gasteiger partial charge in [-0.3, -0.25) is 9.52 Å². The third kappa shape index (κ3) is 7.83. The van der Waals surface area contributed by atoms with Gasteiger partial charge in [-0.05, 0) is 62.7 Å². The quantitative estimate of drug-likeness (QED) is 0.403. The monoisotopic (exact) mass is 533 g/mol. The summed E-state index contributed by atoms with van der Waals surface area (Å²) in [7, 11) is -0.175. The van der Waals surface area contributed by atoms with Gasteiger partial charge in [0.2, 0.25) is 10.0 Å². The highest BCUT2D eigenvalue weighted by molar-refractivity contribution is 7.92. The van der Waals surface area contributed by atoms with Gasteiger partial charge in [0, 0.05) is 49.9 Å². The van der Waals surface area contributed by atoms with Crippen LogP contribution in [0.2, 0.25) is 0 Å². The number of anilines is 1. The van der Waals surface area contributed by atoms with Gasteiger partial charge in [0.25, 0.3) is 5.91 Å². The van der Waals surface area contributed by atoms with E-state index in [4.69, 9.17) is 14.2 Å². The van der Waals surface area contributed by atoms with Crippen LogP contribution in [-0.2, 0) is 14.8 Å². The summed E-state index contributed by atoms with van der Waals surface area (Å²) in [5, 5.41) is 3.44. The van der Waals surface area contributed by atoms with Crippen LogP contribution in [0.15, 0.2) is 42.5 Å². The van der Waals surface area contributed by atoms with Crippen molar-refractivity contribution >= 4 is 21.6 Å². The maximum Gasteiger partial charge on any atom is 0.254 e. The van der Waals surface area contributed by atoms with Gasteiger partial charge in [0.1, 0.15) is 0 Å². The molecule has 1 saturated heterocycles. The predicted octanol–water partition coefficient (Wildman–Crippen LogP) is 3.48. The second-order valence-corrected chi connectivity index (χ2v) is 11.3. The Kier molecular flexibility index (Phi) is 10.2. The molecule has 2 aromatic rings. The van der Waals surface area contributed by atoms with Crippen molar-refractivity contribution in [3.8, 4) is 11.5 Å². The molecule has 2 unspecified atom stereocenters. The average Bonchev–Trinajstić information content (AvgIpc) is 2.86. The van der Waals surface area contributed by atoms with Crippen LogP contribution in [0.1, 0.15) is 48.5 Å². The topological polar surface area (TPSA) is 106 Å². The van der Waals surface area contributed by atoms with Gasteiger partial charge in [-0.15, -0.1) is 0 Å². The molecule has 3 rings (SSSR count). The standard InChI is InChI=1S/C27H39N3O6S/c1-19(2)30(27(31)21-10-11-25(35-4)26(17-21)36-15-7-14-34-3)24-18-28-13-12-23(24)20-8-6-9-22(16-20)29-37(5,32)33/h6,8-11,16-17,19,23-24,28-29H,7,12-15,18H2,1-5H3. The molecule has 1 aliphatic heterocycles. The molecule has 37 heavy (non-hydrogen) atoms. The van der Waals surface area contributed by atoms with Crippen LogP contribution in [0.3, 0.4) is 0 Å². The Balaban J connectivity index is 1.90. The zero-order valence-corrected chi connectivity index (χ0v) is 23.1. The number of methoxy groups -OCH3 is 2. The summed E-state index contributed by atoms with van der Waals surface area (Å²) in [6.45, 7) is 6.50. The summed E-state index contributed by atoms with van der Waals surface area (Å²) < 4.78 is 42.5. The van der Waals surface area contributed by atoms with Crippen LogP contribution in [0.4, 0.5) is 5.69 Å². The van der Waals surface area contributed by atoms with Gasteiger partial charge in [0.05, 0.1) is 26.0 Å². The lowest BCUT2D eigenvalue weighted by molar-refractivity contribution is 0.0537. The maximum atomic E-state index is 13.9. The Labute approximate surface area is 220 Å². The number of benzene rings is 2. The Bertz CT molecular complexity index is 1150. The Morgan fingerprint density at radius 3 is 2.59 bits per heavy atom. The predicted molar refractivity (Wildman–Crippen MR) is 145 cm³/mol. The molecule has 1 fully saturated rings. The fraction of sp³-hybridized carbons (Fsp3) is 0.519. The fourth-order valence-corrected chi connectivity index (χ4v) is 5.35. The number of rotatable bonds is 12. The smallest absolute Gasteiger partial charge is 0.254 e. The first-order chi connectivity index (χ1) is 17.6. The van der Waals surface area contributed by atoms with Crippen molar-refractivity contribution in [3.05, 3.63) is 53.6 Å². The Hall–Kier alpha value is -2.82. The summed E-state index contributed by atoms with van der Waals surface area (Å²) in [5.41, 5.74) is 2.04. The molecule has 2 atom stereocenters. The van der Waals surface area contributed by atoms with E-state index in [1.165, 1.54) is 0 Å². The van der Waals surface area contributed by atoms with Crippen LogP contribution in [0.5, 0.6) is 11.5 Å². The largest absolute Gasteiger partial charge is 0.493 e. The minimum atomic E-state index is -3.39.